The lowest BCUT2D eigenvalue weighted by Crippen LogP contribution is -2.28. The maximum atomic E-state index is 12.2. The van der Waals surface area contributed by atoms with E-state index in [1.165, 1.54) is 4.68 Å². The number of nitrogens with two attached hydrogens (primary N) is 1. The van der Waals surface area contributed by atoms with Gasteiger partial charge in [-0.2, -0.15) is 9.78 Å². The van der Waals surface area contributed by atoms with Crippen molar-refractivity contribution in [2.24, 2.45) is 0 Å². The Balaban J connectivity index is 0.000000204. The largest absolute Gasteiger partial charge is 0.442 e. The normalized spacial score (nSPS) is 11.0. The number of anilines is 2. The first-order valence-electron chi connectivity index (χ1n) is 14.0. The van der Waals surface area contributed by atoms with Crippen LogP contribution in [0.25, 0.3) is 33.2 Å². The average Bonchev–Trinajstić information content (AvgIpc) is 3.45. The van der Waals surface area contributed by atoms with Gasteiger partial charge < -0.3 is 21.1 Å². The fourth-order valence-corrected chi connectivity index (χ4v) is 4.34. The molecule has 2 aromatic heterocycles. The Morgan fingerprint density at radius 2 is 1.59 bits per heavy atom. The molecule has 10 nitrogen and oxygen atoms in total. The molecule has 2 heterocycles. The lowest BCUT2D eigenvalue weighted by molar-refractivity contribution is 0.0522. The minimum Gasteiger partial charge on any atom is -0.442 e. The first-order chi connectivity index (χ1) is 21.2. The van der Waals surface area contributed by atoms with E-state index < -0.39 is 11.7 Å². The highest BCUT2D eigenvalue weighted by Crippen LogP contribution is 2.25. The van der Waals surface area contributed by atoms with Crippen molar-refractivity contribution < 1.29 is 14.3 Å². The summed E-state index contributed by atoms with van der Waals surface area (Å²) < 4.78 is 6.53. The molecule has 0 saturated carbocycles. The second kappa shape index (κ2) is 13.0. The van der Waals surface area contributed by atoms with Crippen molar-refractivity contribution in [2.45, 2.75) is 32.9 Å². The van der Waals surface area contributed by atoms with E-state index in [1.54, 1.807) is 6.20 Å². The smallest absolute Gasteiger partial charge is 0.435 e. The summed E-state index contributed by atoms with van der Waals surface area (Å²) in [7, 11) is 0. The van der Waals surface area contributed by atoms with Crippen LogP contribution in [0.3, 0.4) is 0 Å². The number of nitrogens with zero attached hydrogens (tertiary/aromatic N) is 4. The van der Waals surface area contributed by atoms with Gasteiger partial charge in [-0.05, 0) is 56.7 Å². The number of carbonyl (C=O) groups is 2. The topological polar surface area (TPSA) is 137 Å². The van der Waals surface area contributed by atoms with Crippen molar-refractivity contribution >= 4 is 45.4 Å². The average molecular weight is 588 g/mol. The molecular weight excluding hydrogens is 554 g/mol. The molecule has 6 aromatic rings. The van der Waals surface area contributed by atoms with Crippen LogP contribution < -0.4 is 16.4 Å². The molecule has 0 radical (unpaired) electrons. The fourth-order valence-electron chi connectivity index (χ4n) is 4.34. The number of aromatic nitrogens is 4. The predicted octanol–water partition coefficient (Wildman–Crippen LogP) is 7.02. The molecule has 0 spiro atoms. The van der Waals surface area contributed by atoms with Gasteiger partial charge in [0.1, 0.15) is 11.4 Å². The summed E-state index contributed by atoms with van der Waals surface area (Å²) in [5.41, 5.74) is 9.57. The van der Waals surface area contributed by atoms with E-state index in [0.29, 0.717) is 23.9 Å². The van der Waals surface area contributed by atoms with Gasteiger partial charge in [-0.25, -0.2) is 19.6 Å². The number of hydrogen-bond donors (Lipinski definition) is 3. The van der Waals surface area contributed by atoms with Gasteiger partial charge in [-0.15, -0.1) is 0 Å². The molecule has 10 heteroatoms. The number of nitrogens with one attached hydrogen (secondary N) is 2. The number of urea groups is 1. The quantitative estimate of drug-likeness (QED) is 0.202. The number of nitrogen functional groups attached to an aromatic ring is 1. The van der Waals surface area contributed by atoms with Crippen LogP contribution in [0, 0.1) is 0 Å². The maximum Gasteiger partial charge on any atom is 0.435 e. The van der Waals surface area contributed by atoms with Crippen molar-refractivity contribution in [2.75, 3.05) is 11.1 Å². The van der Waals surface area contributed by atoms with Crippen LogP contribution in [0.4, 0.5) is 21.1 Å². The molecule has 222 valence electrons. The first kappa shape index (κ1) is 29.7. The van der Waals surface area contributed by atoms with E-state index in [0.717, 1.165) is 32.9 Å². The molecular formula is C34H33N7O3. The molecule has 0 atom stereocenters. The number of hydrogen-bond acceptors (Lipinski definition) is 7. The SMILES string of the molecule is CC(C)(C)OC(=O)n1ncc2ccccc21.Nc1nc(-c2cccc(NC(=O)NCc3ccccc3)c2)nc2ccccc12. The lowest BCUT2D eigenvalue weighted by atomic mass is 10.1. The number of amides is 2. The highest BCUT2D eigenvalue weighted by Gasteiger charge is 2.19. The first-order valence-corrected chi connectivity index (χ1v) is 14.0. The molecule has 4 N–H and O–H groups in total. The molecule has 44 heavy (non-hydrogen) atoms. The number of para-hydroxylation sites is 2. The van der Waals surface area contributed by atoms with Crippen LogP contribution in [0.1, 0.15) is 26.3 Å². The highest BCUT2D eigenvalue weighted by atomic mass is 16.6. The number of carbonyl (C=O) groups excluding carboxylic acids is 2. The number of fused-ring (bicyclic) bond motifs is 2. The van der Waals surface area contributed by atoms with Gasteiger partial charge in [-0.3, -0.25) is 0 Å². The fraction of sp³-hybridized carbons (Fsp3) is 0.147. The van der Waals surface area contributed by atoms with Crippen molar-refractivity contribution in [1.82, 2.24) is 25.1 Å². The van der Waals surface area contributed by atoms with Crippen molar-refractivity contribution in [3.05, 3.63) is 115 Å². The zero-order valence-electron chi connectivity index (χ0n) is 24.7. The molecule has 0 saturated heterocycles. The Labute approximate surface area is 254 Å². The van der Waals surface area contributed by atoms with Crippen LogP contribution in [-0.2, 0) is 11.3 Å². The van der Waals surface area contributed by atoms with Crippen molar-refractivity contribution in [3.8, 4) is 11.4 Å². The van der Waals surface area contributed by atoms with Gasteiger partial charge in [-0.1, -0.05) is 72.8 Å². The molecule has 0 bridgehead atoms. The molecule has 2 amide bonds. The summed E-state index contributed by atoms with van der Waals surface area (Å²) in [4.78, 5) is 33.0. The second-order valence-corrected chi connectivity index (χ2v) is 10.9. The summed E-state index contributed by atoms with van der Waals surface area (Å²) in [5, 5.41) is 11.4. The molecule has 4 aromatic carbocycles. The predicted molar refractivity (Wildman–Crippen MR) is 173 cm³/mol. The third-order valence-electron chi connectivity index (χ3n) is 6.35. The van der Waals surface area contributed by atoms with Gasteiger partial charge in [0, 0.05) is 28.6 Å². The van der Waals surface area contributed by atoms with Crippen LogP contribution in [0.5, 0.6) is 0 Å². The van der Waals surface area contributed by atoms with Crippen LogP contribution in [-0.4, -0.2) is 37.5 Å². The number of rotatable bonds is 4. The third-order valence-corrected chi connectivity index (χ3v) is 6.35. The number of benzene rings is 4. The Bertz CT molecular complexity index is 1910. The molecule has 0 fully saturated rings. The van der Waals surface area contributed by atoms with E-state index in [2.05, 4.69) is 25.7 Å². The summed E-state index contributed by atoms with van der Waals surface area (Å²) in [6.07, 6.45) is 1.20. The summed E-state index contributed by atoms with van der Waals surface area (Å²) in [5.74, 6) is 0.948. The zero-order chi connectivity index (χ0) is 31.1. The van der Waals surface area contributed by atoms with Crippen molar-refractivity contribution in [3.63, 3.8) is 0 Å². The minimum absolute atomic E-state index is 0.278. The summed E-state index contributed by atoms with van der Waals surface area (Å²) in [6.45, 7) is 5.94. The summed E-state index contributed by atoms with van der Waals surface area (Å²) in [6, 6.07) is 32.0. The maximum absolute atomic E-state index is 12.2. The van der Waals surface area contributed by atoms with Gasteiger partial charge >= 0.3 is 12.1 Å². The van der Waals surface area contributed by atoms with Gasteiger partial charge in [0.25, 0.3) is 0 Å². The Morgan fingerprint density at radius 1 is 0.864 bits per heavy atom. The van der Waals surface area contributed by atoms with Gasteiger partial charge in [0.2, 0.25) is 0 Å². The zero-order valence-corrected chi connectivity index (χ0v) is 24.7. The second-order valence-electron chi connectivity index (χ2n) is 10.9. The minimum atomic E-state index is -0.510. The van der Waals surface area contributed by atoms with Gasteiger partial charge in [0.15, 0.2) is 5.82 Å². The molecule has 0 unspecified atom stereocenters. The molecule has 6 rings (SSSR count). The molecule has 0 aliphatic heterocycles. The summed E-state index contributed by atoms with van der Waals surface area (Å²) >= 11 is 0. The van der Waals surface area contributed by atoms with E-state index in [9.17, 15) is 9.59 Å². The van der Waals surface area contributed by atoms with Crippen molar-refractivity contribution in [1.29, 1.82) is 0 Å². The lowest BCUT2D eigenvalue weighted by Gasteiger charge is -2.19. The van der Waals surface area contributed by atoms with Gasteiger partial charge in [0.05, 0.1) is 17.2 Å². The molecule has 0 aliphatic carbocycles. The van der Waals surface area contributed by atoms with E-state index in [1.807, 2.05) is 124 Å². The van der Waals surface area contributed by atoms with Crippen LogP contribution in [0.2, 0.25) is 0 Å². The van der Waals surface area contributed by atoms with E-state index in [-0.39, 0.29) is 6.03 Å². The Kier molecular flexibility index (Phi) is 8.80. The van der Waals surface area contributed by atoms with E-state index in [4.69, 9.17) is 10.5 Å². The Hall–Kier alpha value is -5.77. The molecule has 0 aliphatic rings. The van der Waals surface area contributed by atoms with E-state index >= 15 is 0 Å². The standard InChI is InChI=1S/C22H19N5O.C12H14N2O2/c23-20-18-11-4-5-12-19(18)26-21(27-20)16-9-6-10-17(13-16)25-22(28)24-14-15-7-2-1-3-8-15;1-12(2,3)16-11(15)14-10-7-5-4-6-9(10)8-13-14/h1-13H,14H2,(H2,23,26,27)(H2,24,25,28);4-8H,1-3H3. The van der Waals surface area contributed by atoms with Crippen LogP contribution >= 0.6 is 0 Å². The Morgan fingerprint density at radius 3 is 2.39 bits per heavy atom. The highest BCUT2D eigenvalue weighted by molar-refractivity contribution is 5.91. The van der Waals surface area contributed by atoms with Crippen LogP contribution in [0.15, 0.2) is 109 Å². The monoisotopic (exact) mass is 587 g/mol. The third kappa shape index (κ3) is 7.54. The number of ether oxygens (including phenoxy) is 1.